The predicted octanol–water partition coefficient (Wildman–Crippen LogP) is 0.112. The van der Waals surface area contributed by atoms with Crippen molar-refractivity contribution in [3.8, 4) is 0 Å². The maximum atomic E-state index is 12.1. The molecule has 0 aromatic carbocycles. The van der Waals surface area contributed by atoms with Gasteiger partial charge in [0.1, 0.15) is 6.04 Å². The van der Waals surface area contributed by atoms with Gasteiger partial charge in [-0.25, -0.2) is 9.59 Å². The van der Waals surface area contributed by atoms with E-state index in [1.54, 1.807) is 11.8 Å². The van der Waals surface area contributed by atoms with E-state index < -0.39 is 17.6 Å². The zero-order chi connectivity index (χ0) is 12.6. The van der Waals surface area contributed by atoms with Gasteiger partial charge in [0.2, 0.25) is 0 Å². The number of carboxylic acid groups (broad SMARTS) is 1. The lowest BCUT2D eigenvalue weighted by Crippen LogP contribution is -2.48. The summed E-state index contributed by atoms with van der Waals surface area (Å²) in [5.41, 5.74) is -0.839. The van der Waals surface area contributed by atoms with Crippen LogP contribution in [0, 0.1) is 0 Å². The quantitative estimate of drug-likeness (QED) is 0.684. The Kier molecular flexibility index (Phi) is 2.99. The van der Waals surface area contributed by atoms with E-state index in [9.17, 15) is 14.7 Å². The van der Waals surface area contributed by atoms with Crippen LogP contribution in [0.5, 0.6) is 0 Å². The standard InChI is InChI=1S/C11H18N2O4/c1-11(17)4-6-12(7-11)10(16)13-5-2-3-8(13)9(14)15/h8,17H,2-7H2,1H3,(H,14,15)/t8-,11?/m0/s1. The molecule has 96 valence electrons. The van der Waals surface area contributed by atoms with Crippen molar-refractivity contribution in [2.75, 3.05) is 19.6 Å². The molecule has 0 aromatic heterocycles. The summed E-state index contributed by atoms with van der Waals surface area (Å²) in [5.74, 6) is -0.943. The van der Waals surface area contributed by atoms with Crippen molar-refractivity contribution in [1.82, 2.24) is 9.80 Å². The molecule has 0 bridgehead atoms. The highest BCUT2D eigenvalue weighted by atomic mass is 16.4. The highest BCUT2D eigenvalue weighted by Gasteiger charge is 2.40. The number of likely N-dealkylation sites (tertiary alicyclic amines) is 2. The molecule has 6 nitrogen and oxygen atoms in total. The smallest absolute Gasteiger partial charge is 0.326 e. The fourth-order valence-electron chi connectivity index (χ4n) is 2.54. The van der Waals surface area contributed by atoms with E-state index in [0.29, 0.717) is 25.9 Å². The third kappa shape index (κ3) is 2.36. The van der Waals surface area contributed by atoms with E-state index in [1.807, 2.05) is 0 Å². The number of carbonyl (C=O) groups is 2. The van der Waals surface area contributed by atoms with Crippen LogP contribution in [0.3, 0.4) is 0 Å². The van der Waals surface area contributed by atoms with Gasteiger partial charge in [-0.3, -0.25) is 0 Å². The van der Waals surface area contributed by atoms with Gasteiger partial charge in [0, 0.05) is 13.1 Å². The number of aliphatic carboxylic acids is 1. The van der Waals surface area contributed by atoms with Gasteiger partial charge in [0.15, 0.2) is 0 Å². The van der Waals surface area contributed by atoms with Crippen molar-refractivity contribution in [2.45, 2.75) is 37.8 Å². The minimum Gasteiger partial charge on any atom is -0.480 e. The van der Waals surface area contributed by atoms with Crippen molar-refractivity contribution < 1.29 is 19.8 Å². The second kappa shape index (κ2) is 4.18. The minimum atomic E-state index is -0.943. The summed E-state index contributed by atoms with van der Waals surface area (Å²) < 4.78 is 0. The minimum absolute atomic E-state index is 0.257. The first kappa shape index (κ1) is 12.2. The maximum Gasteiger partial charge on any atom is 0.326 e. The molecule has 0 aliphatic carbocycles. The van der Waals surface area contributed by atoms with E-state index in [2.05, 4.69) is 0 Å². The summed E-state index contributed by atoms with van der Waals surface area (Å²) in [7, 11) is 0. The summed E-state index contributed by atoms with van der Waals surface area (Å²) in [5, 5.41) is 18.8. The van der Waals surface area contributed by atoms with Crippen molar-refractivity contribution in [1.29, 1.82) is 0 Å². The Morgan fingerprint density at radius 1 is 1.35 bits per heavy atom. The number of amides is 2. The lowest BCUT2D eigenvalue weighted by atomic mass is 10.1. The Morgan fingerprint density at radius 2 is 2.06 bits per heavy atom. The Bertz CT molecular complexity index is 342. The molecule has 17 heavy (non-hydrogen) atoms. The first-order valence-electron chi connectivity index (χ1n) is 5.91. The molecule has 0 aromatic rings. The van der Waals surface area contributed by atoms with Gasteiger partial charge in [-0.1, -0.05) is 0 Å². The van der Waals surface area contributed by atoms with Gasteiger partial charge in [-0.05, 0) is 26.2 Å². The number of urea groups is 1. The topological polar surface area (TPSA) is 81.1 Å². The van der Waals surface area contributed by atoms with Crippen molar-refractivity contribution in [3.05, 3.63) is 0 Å². The van der Waals surface area contributed by atoms with Gasteiger partial charge < -0.3 is 20.0 Å². The fraction of sp³-hybridized carbons (Fsp3) is 0.818. The molecule has 2 atom stereocenters. The van der Waals surface area contributed by atoms with Crippen molar-refractivity contribution in [2.24, 2.45) is 0 Å². The maximum absolute atomic E-state index is 12.1. The SMILES string of the molecule is CC1(O)CCN(C(=O)N2CCC[C@H]2C(=O)O)C1. The van der Waals surface area contributed by atoms with E-state index in [1.165, 1.54) is 4.90 Å². The molecule has 0 saturated carbocycles. The zero-order valence-corrected chi connectivity index (χ0v) is 9.93. The van der Waals surface area contributed by atoms with Crippen LogP contribution in [0.2, 0.25) is 0 Å². The van der Waals surface area contributed by atoms with Gasteiger partial charge in [0.05, 0.1) is 12.1 Å². The molecule has 2 heterocycles. The highest BCUT2D eigenvalue weighted by molar-refractivity contribution is 5.83. The average Bonchev–Trinajstić information content (AvgIpc) is 2.82. The molecular weight excluding hydrogens is 224 g/mol. The summed E-state index contributed by atoms with van der Waals surface area (Å²) >= 11 is 0. The molecule has 2 amide bonds. The highest BCUT2D eigenvalue weighted by Crippen LogP contribution is 2.25. The van der Waals surface area contributed by atoms with E-state index >= 15 is 0 Å². The summed E-state index contributed by atoms with van der Waals surface area (Å²) in [4.78, 5) is 26.1. The van der Waals surface area contributed by atoms with E-state index in [0.717, 1.165) is 6.42 Å². The average molecular weight is 242 g/mol. The Hall–Kier alpha value is -1.30. The molecule has 0 spiro atoms. The number of carbonyl (C=O) groups excluding carboxylic acids is 1. The molecule has 2 N–H and O–H groups in total. The van der Waals surface area contributed by atoms with Crippen LogP contribution in [0.15, 0.2) is 0 Å². The van der Waals surface area contributed by atoms with Gasteiger partial charge in [0.25, 0.3) is 0 Å². The lowest BCUT2D eigenvalue weighted by molar-refractivity contribution is -0.141. The number of rotatable bonds is 1. The predicted molar refractivity (Wildman–Crippen MR) is 59.6 cm³/mol. The third-order valence-electron chi connectivity index (χ3n) is 3.51. The van der Waals surface area contributed by atoms with Gasteiger partial charge in [-0.2, -0.15) is 0 Å². The Labute approximate surface area is 99.8 Å². The molecule has 0 radical (unpaired) electrons. The third-order valence-corrected chi connectivity index (χ3v) is 3.51. The summed E-state index contributed by atoms with van der Waals surface area (Å²) in [6.45, 7) is 2.97. The molecule has 2 aliphatic heterocycles. The van der Waals surface area contributed by atoms with Crippen LogP contribution in [-0.4, -0.2) is 63.3 Å². The number of nitrogens with zero attached hydrogens (tertiary/aromatic N) is 2. The van der Waals surface area contributed by atoms with Crippen LogP contribution >= 0.6 is 0 Å². The zero-order valence-electron chi connectivity index (χ0n) is 9.93. The molecule has 2 rings (SSSR count). The number of carboxylic acids is 1. The molecule has 1 unspecified atom stereocenters. The van der Waals surface area contributed by atoms with E-state index in [-0.39, 0.29) is 12.6 Å². The van der Waals surface area contributed by atoms with Gasteiger partial charge in [-0.15, -0.1) is 0 Å². The largest absolute Gasteiger partial charge is 0.480 e. The summed E-state index contributed by atoms with van der Waals surface area (Å²) in [6.07, 6.45) is 1.79. The van der Waals surface area contributed by atoms with Crippen molar-refractivity contribution >= 4 is 12.0 Å². The van der Waals surface area contributed by atoms with Crippen LogP contribution in [0.25, 0.3) is 0 Å². The van der Waals surface area contributed by atoms with Crippen LogP contribution in [-0.2, 0) is 4.79 Å². The molecule has 2 saturated heterocycles. The lowest BCUT2D eigenvalue weighted by Gasteiger charge is -2.28. The van der Waals surface area contributed by atoms with E-state index in [4.69, 9.17) is 5.11 Å². The van der Waals surface area contributed by atoms with Crippen LogP contribution in [0.1, 0.15) is 26.2 Å². The molecule has 6 heteroatoms. The second-order valence-electron chi connectivity index (χ2n) is 5.14. The monoisotopic (exact) mass is 242 g/mol. The van der Waals surface area contributed by atoms with Crippen LogP contribution < -0.4 is 0 Å². The molecule has 2 fully saturated rings. The molecule has 2 aliphatic rings. The van der Waals surface area contributed by atoms with Crippen LogP contribution in [0.4, 0.5) is 4.79 Å². The second-order valence-corrected chi connectivity index (χ2v) is 5.14. The number of hydrogen-bond acceptors (Lipinski definition) is 3. The first-order chi connectivity index (χ1) is 7.91. The van der Waals surface area contributed by atoms with Gasteiger partial charge >= 0.3 is 12.0 Å². The first-order valence-corrected chi connectivity index (χ1v) is 5.91. The Balaban J connectivity index is 2.03. The van der Waals surface area contributed by atoms with Crippen molar-refractivity contribution in [3.63, 3.8) is 0 Å². The Morgan fingerprint density at radius 3 is 2.59 bits per heavy atom. The number of hydrogen-bond donors (Lipinski definition) is 2. The normalized spacial score (nSPS) is 33.2. The fourth-order valence-corrected chi connectivity index (χ4v) is 2.54. The summed E-state index contributed by atoms with van der Waals surface area (Å²) in [6, 6.07) is -0.958. The number of β-amino-alcohol motifs (C(OH)–C–C–N with tert-alkyl or cyclic N) is 1. The number of aliphatic hydroxyl groups is 1. The molecular formula is C11H18N2O4.